The van der Waals surface area contributed by atoms with Crippen LogP contribution in [-0.4, -0.2) is 14.5 Å². The number of aromatic nitrogens is 3. The molecule has 6 aromatic rings. The van der Waals surface area contributed by atoms with E-state index in [1.165, 1.54) is 6.07 Å². The summed E-state index contributed by atoms with van der Waals surface area (Å²) in [5.74, 6) is 1.56. The number of fused-ring (bicyclic) bond motifs is 3. The number of pyridine rings is 2. The minimum atomic E-state index is -4.44. The quantitative estimate of drug-likeness (QED) is 0.256. The summed E-state index contributed by atoms with van der Waals surface area (Å²) in [6.07, 6.45) is -1.90. The Kier molecular flexibility index (Phi) is 5.18. The van der Waals surface area contributed by atoms with E-state index in [0.29, 0.717) is 17.4 Å². The standard InChI is InChI=1S/C29H18F3N3O/c30-29(31,32)21-12-14-27(34-18-21)35-25-9-2-1-8-23(25)24-13-11-20(17-26(24)35)19-6-5-7-22(16-19)36-28-10-3-4-15-33-28/h1-18H. The van der Waals surface area contributed by atoms with Crippen molar-refractivity contribution in [2.24, 2.45) is 0 Å². The Labute approximate surface area is 204 Å². The lowest BCUT2D eigenvalue weighted by Crippen LogP contribution is -2.06. The first-order valence-electron chi connectivity index (χ1n) is 11.2. The Morgan fingerprint density at radius 1 is 0.667 bits per heavy atom. The van der Waals surface area contributed by atoms with E-state index in [9.17, 15) is 13.2 Å². The van der Waals surface area contributed by atoms with Gasteiger partial charge in [0.05, 0.1) is 16.6 Å². The van der Waals surface area contributed by atoms with Crippen LogP contribution < -0.4 is 4.74 Å². The first-order valence-corrected chi connectivity index (χ1v) is 11.2. The fraction of sp³-hybridized carbons (Fsp3) is 0.0345. The van der Waals surface area contributed by atoms with Crippen molar-refractivity contribution in [3.63, 3.8) is 0 Å². The average Bonchev–Trinajstić information content (AvgIpc) is 3.23. The number of benzene rings is 3. The highest BCUT2D eigenvalue weighted by atomic mass is 19.4. The molecule has 0 unspecified atom stereocenters. The van der Waals surface area contributed by atoms with Gasteiger partial charge in [-0.1, -0.05) is 48.5 Å². The van der Waals surface area contributed by atoms with Gasteiger partial charge in [-0.25, -0.2) is 9.97 Å². The molecule has 0 aliphatic heterocycles. The van der Waals surface area contributed by atoms with Crippen molar-refractivity contribution in [2.75, 3.05) is 0 Å². The summed E-state index contributed by atoms with van der Waals surface area (Å²) >= 11 is 0. The summed E-state index contributed by atoms with van der Waals surface area (Å²) in [6, 6.07) is 29.5. The fourth-order valence-electron chi connectivity index (χ4n) is 4.35. The van der Waals surface area contributed by atoms with Crippen LogP contribution >= 0.6 is 0 Å². The van der Waals surface area contributed by atoms with Crippen molar-refractivity contribution in [1.29, 1.82) is 0 Å². The summed E-state index contributed by atoms with van der Waals surface area (Å²) in [5.41, 5.74) is 2.80. The number of nitrogens with zero attached hydrogens (tertiary/aromatic N) is 3. The molecule has 7 heteroatoms. The van der Waals surface area contributed by atoms with Crippen molar-refractivity contribution >= 4 is 21.8 Å². The fourth-order valence-corrected chi connectivity index (χ4v) is 4.35. The Hall–Kier alpha value is -4.65. The van der Waals surface area contributed by atoms with Crippen LogP contribution in [-0.2, 0) is 6.18 Å². The first kappa shape index (κ1) is 21.9. The third-order valence-corrected chi connectivity index (χ3v) is 6.01. The van der Waals surface area contributed by atoms with Crippen LogP contribution in [0.2, 0.25) is 0 Å². The molecule has 0 atom stereocenters. The van der Waals surface area contributed by atoms with Gasteiger partial charge in [0.2, 0.25) is 5.88 Å². The van der Waals surface area contributed by atoms with E-state index in [2.05, 4.69) is 9.97 Å². The Morgan fingerprint density at radius 2 is 1.47 bits per heavy atom. The smallest absolute Gasteiger partial charge is 0.417 e. The second-order valence-corrected chi connectivity index (χ2v) is 8.29. The van der Waals surface area contributed by atoms with E-state index in [4.69, 9.17) is 4.74 Å². The van der Waals surface area contributed by atoms with Crippen LogP contribution in [0, 0.1) is 0 Å². The molecule has 36 heavy (non-hydrogen) atoms. The summed E-state index contributed by atoms with van der Waals surface area (Å²) < 4.78 is 47.1. The lowest BCUT2D eigenvalue weighted by molar-refractivity contribution is -0.137. The van der Waals surface area contributed by atoms with Crippen molar-refractivity contribution in [3.8, 4) is 28.6 Å². The van der Waals surface area contributed by atoms with Crippen LogP contribution in [0.5, 0.6) is 11.6 Å². The second kappa shape index (κ2) is 8.53. The van der Waals surface area contributed by atoms with Crippen molar-refractivity contribution in [1.82, 2.24) is 14.5 Å². The normalized spacial score (nSPS) is 11.8. The number of halogens is 3. The molecule has 176 valence electrons. The molecule has 6 rings (SSSR count). The summed E-state index contributed by atoms with van der Waals surface area (Å²) in [4.78, 5) is 8.37. The second-order valence-electron chi connectivity index (χ2n) is 8.29. The van der Waals surface area contributed by atoms with E-state index >= 15 is 0 Å². The van der Waals surface area contributed by atoms with Crippen molar-refractivity contribution in [2.45, 2.75) is 6.18 Å². The number of hydrogen-bond donors (Lipinski definition) is 0. The number of ether oxygens (including phenoxy) is 1. The van der Waals surface area contributed by atoms with Gasteiger partial charge in [-0.15, -0.1) is 0 Å². The zero-order valence-electron chi connectivity index (χ0n) is 18.8. The zero-order chi connectivity index (χ0) is 24.7. The molecule has 0 fully saturated rings. The molecule has 0 bridgehead atoms. The van der Waals surface area contributed by atoms with Gasteiger partial charge in [0.1, 0.15) is 11.6 Å². The van der Waals surface area contributed by atoms with Gasteiger partial charge >= 0.3 is 6.18 Å². The monoisotopic (exact) mass is 481 g/mol. The minimum absolute atomic E-state index is 0.415. The molecule has 3 aromatic heterocycles. The predicted octanol–water partition coefficient (Wildman–Crippen LogP) is 8.05. The SMILES string of the molecule is FC(F)(F)c1ccc(-n2c3ccccc3c3ccc(-c4cccc(Oc5ccccn5)c4)cc32)nc1. The molecule has 0 N–H and O–H groups in total. The number of rotatable bonds is 4. The molecular formula is C29H18F3N3O. The topological polar surface area (TPSA) is 39.9 Å². The van der Waals surface area contributed by atoms with Crippen LogP contribution in [0.4, 0.5) is 13.2 Å². The molecule has 0 radical (unpaired) electrons. The largest absolute Gasteiger partial charge is 0.439 e. The first-order chi connectivity index (χ1) is 17.5. The zero-order valence-corrected chi connectivity index (χ0v) is 18.8. The summed E-state index contributed by atoms with van der Waals surface area (Å²) in [7, 11) is 0. The minimum Gasteiger partial charge on any atom is -0.439 e. The van der Waals surface area contributed by atoms with E-state index < -0.39 is 11.7 Å². The van der Waals surface area contributed by atoms with Gasteiger partial charge in [-0.3, -0.25) is 4.57 Å². The molecule has 0 spiro atoms. The van der Waals surface area contributed by atoms with Gasteiger partial charge in [-0.05, 0) is 53.6 Å². The maximum absolute atomic E-state index is 13.1. The molecule has 0 aliphatic carbocycles. The van der Waals surface area contributed by atoms with Gasteiger partial charge in [0, 0.05) is 29.2 Å². The lowest BCUT2D eigenvalue weighted by atomic mass is 10.0. The summed E-state index contributed by atoms with van der Waals surface area (Å²) in [6.45, 7) is 0. The predicted molar refractivity (Wildman–Crippen MR) is 133 cm³/mol. The van der Waals surface area contributed by atoms with Crippen LogP contribution in [0.3, 0.4) is 0 Å². The number of alkyl halides is 3. The molecule has 3 heterocycles. The van der Waals surface area contributed by atoms with E-state index in [-0.39, 0.29) is 0 Å². The van der Waals surface area contributed by atoms with Gasteiger partial charge in [0.15, 0.2) is 0 Å². The van der Waals surface area contributed by atoms with Crippen molar-refractivity contribution in [3.05, 3.63) is 115 Å². The highest BCUT2D eigenvalue weighted by Crippen LogP contribution is 2.36. The maximum atomic E-state index is 13.1. The van der Waals surface area contributed by atoms with E-state index in [1.807, 2.05) is 83.4 Å². The van der Waals surface area contributed by atoms with Gasteiger partial charge < -0.3 is 4.74 Å². The molecule has 0 saturated heterocycles. The highest BCUT2D eigenvalue weighted by molar-refractivity contribution is 6.10. The molecule has 3 aromatic carbocycles. The third-order valence-electron chi connectivity index (χ3n) is 6.01. The average molecular weight is 481 g/mol. The van der Waals surface area contributed by atoms with Crippen molar-refractivity contribution < 1.29 is 17.9 Å². The lowest BCUT2D eigenvalue weighted by Gasteiger charge is -2.11. The third kappa shape index (κ3) is 3.94. The number of hydrogen-bond acceptors (Lipinski definition) is 3. The molecule has 0 amide bonds. The Morgan fingerprint density at radius 3 is 2.25 bits per heavy atom. The molecular weight excluding hydrogens is 463 g/mol. The van der Waals surface area contributed by atoms with Gasteiger partial charge in [0.25, 0.3) is 0 Å². The highest BCUT2D eigenvalue weighted by Gasteiger charge is 2.30. The van der Waals surface area contributed by atoms with Gasteiger partial charge in [-0.2, -0.15) is 13.2 Å². The van der Waals surface area contributed by atoms with Crippen LogP contribution in [0.1, 0.15) is 5.56 Å². The maximum Gasteiger partial charge on any atom is 0.417 e. The molecule has 0 aliphatic rings. The Balaban J connectivity index is 1.48. The molecule has 4 nitrogen and oxygen atoms in total. The van der Waals surface area contributed by atoms with Crippen LogP contribution in [0.25, 0.3) is 38.8 Å². The Bertz CT molecular complexity index is 1690. The molecule has 0 saturated carbocycles. The van der Waals surface area contributed by atoms with E-state index in [0.717, 1.165) is 45.2 Å². The van der Waals surface area contributed by atoms with E-state index in [1.54, 1.807) is 12.3 Å². The van der Waals surface area contributed by atoms with Crippen LogP contribution in [0.15, 0.2) is 109 Å². The summed E-state index contributed by atoms with van der Waals surface area (Å²) in [5, 5.41) is 1.98. The number of para-hydroxylation sites is 1.